The molecular formula is C96H146N8O8. The Morgan fingerprint density at radius 1 is 0.179 bits per heavy atom. The van der Waals surface area contributed by atoms with E-state index in [2.05, 4.69) is 114 Å². The first-order valence-electron chi connectivity index (χ1n) is 45.9. The molecule has 4 aromatic carbocycles. The molecule has 0 aliphatic carbocycles. The van der Waals surface area contributed by atoms with Crippen molar-refractivity contribution in [1.29, 1.82) is 0 Å². The van der Waals surface area contributed by atoms with Gasteiger partial charge in [0.15, 0.2) is 69.3 Å². The SMILES string of the molecule is CCCCCCCCOc1cc2c(cc1OCCCCCCCC)-c1nc-2nc2[nH]c(nc3nc(nc4[nH]c(n1)c1cc(OCCCCCCCC)c(OCCCCCCCC)cc41)-c1cc(OCCCCCCCC)c(OCCCCCCCC)cc1-3)c1cc(OCCCCCCCC)c(OCCCCCCCC)cc21. The third-order valence-corrected chi connectivity index (χ3v) is 22.1. The number of fused-ring (bicyclic) bond motifs is 20. The Bertz CT molecular complexity index is 3500. The van der Waals surface area contributed by atoms with Crippen LogP contribution in [-0.2, 0) is 0 Å². The van der Waals surface area contributed by atoms with Gasteiger partial charge in [-0.25, -0.2) is 29.9 Å². The minimum Gasteiger partial charge on any atom is -0.490 e. The fourth-order valence-electron chi connectivity index (χ4n) is 15.2. The van der Waals surface area contributed by atoms with Gasteiger partial charge < -0.3 is 47.9 Å². The van der Waals surface area contributed by atoms with Crippen molar-refractivity contribution in [2.75, 3.05) is 52.9 Å². The van der Waals surface area contributed by atoms with Crippen LogP contribution in [0.4, 0.5) is 0 Å². The Hall–Kier alpha value is -7.36. The maximum absolute atomic E-state index is 6.90. The van der Waals surface area contributed by atoms with Crippen LogP contribution in [0.1, 0.15) is 364 Å². The summed E-state index contributed by atoms with van der Waals surface area (Å²) >= 11 is 0. The quantitative estimate of drug-likeness (QED) is 0.0343. The first-order chi connectivity index (χ1) is 55.3. The second-order valence-corrected chi connectivity index (χ2v) is 31.9. The molecule has 2 aliphatic heterocycles. The van der Waals surface area contributed by atoms with Crippen molar-refractivity contribution >= 4 is 44.1 Å². The molecule has 0 atom stereocenters. The van der Waals surface area contributed by atoms with Crippen molar-refractivity contribution in [3.63, 3.8) is 0 Å². The third-order valence-electron chi connectivity index (χ3n) is 22.1. The maximum atomic E-state index is 6.90. The number of nitrogens with zero attached hydrogens (tertiary/aromatic N) is 6. The van der Waals surface area contributed by atoms with E-state index in [1.54, 1.807) is 0 Å². The lowest BCUT2D eigenvalue weighted by Gasteiger charge is -2.15. The second-order valence-electron chi connectivity index (χ2n) is 31.9. The lowest BCUT2D eigenvalue weighted by atomic mass is 10.1. The number of nitrogens with one attached hydrogen (secondary N) is 2. The minimum atomic E-state index is 0.467. The lowest BCUT2D eigenvalue weighted by Crippen LogP contribution is -2.03. The van der Waals surface area contributed by atoms with Gasteiger partial charge in [-0.1, -0.05) is 312 Å². The number of ether oxygens (including phenoxy) is 8. The molecule has 0 unspecified atom stereocenters. The van der Waals surface area contributed by atoms with Gasteiger partial charge in [0.05, 0.1) is 52.9 Å². The van der Waals surface area contributed by atoms with Crippen LogP contribution < -0.4 is 37.9 Å². The van der Waals surface area contributed by atoms with Gasteiger partial charge in [-0.2, -0.15) is 0 Å². The summed E-state index contributed by atoms with van der Waals surface area (Å²) < 4.78 is 55.2. The smallest absolute Gasteiger partial charge is 0.164 e. The van der Waals surface area contributed by atoms with Gasteiger partial charge in [-0.05, 0) is 99.9 Å². The average molecular weight is 1540 g/mol. The van der Waals surface area contributed by atoms with E-state index in [0.717, 1.165) is 147 Å². The van der Waals surface area contributed by atoms with E-state index in [9.17, 15) is 0 Å². The molecule has 0 saturated carbocycles. The molecule has 5 heterocycles. The van der Waals surface area contributed by atoms with Crippen molar-refractivity contribution < 1.29 is 37.9 Å². The van der Waals surface area contributed by atoms with E-state index >= 15 is 0 Å². The fourth-order valence-corrected chi connectivity index (χ4v) is 15.2. The largest absolute Gasteiger partial charge is 0.490 e. The molecule has 8 bridgehead atoms. The highest BCUT2D eigenvalue weighted by Gasteiger charge is 2.28. The highest BCUT2D eigenvalue weighted by molar-refractivity contribution is 6.08. The van der Waals surface area contributed by atoms with E-state index < -0.39 is 0 Å². The minimum absolute atomic E-state index is 0.467. The maximum Gasteiger partial charge on any atom is 0.164 e. The van der Waals surface area contributed by atoms with Gasteiger partial charge in [0.2, 0.25) is 0 Å². The summed E-state index contributed by atoms with van der Waals surface area (Å²) in [5.74, 6) is 7.23. The van der Waals surface area contributed by atoms with Crippen LogP contribution in [0.2, 0.25) is 0 Å². The summed E-state index contributed by atoms with van der Waals surface area (Å²) in [6, 6.07) is 16.8. The molecule has 0 radical (unpaired) electrons. The van der Waals surface area contributed by atoms with Crippen LogP contribution in [0.25, 0.3) is 89.7 Å². The Labute approximate surface area is 674 Å². The lowest BCUT2D eigenvalue weighted by molar-refractivity contribution is 0.258. The zero-order chi connectivity index (χ0) is 78.4. The number of rotatable bonds is 64. The van der Waals surface area contributed by atoms with E-state index in [4.69, 9.17) is 67.8 Å². The van der Waals surface area contributed by atoms with Crippen molar-refractivity contribution in [3.8, 4) is 91.5 Å². The first kappa shape index (κ1) is 88.6. The number of H-pyrrole nitrogens is 2. The van der Waals surface area contributed by atoms with Crippen LogP contribution in [0.3, 0.4) is 0 Å². The summed E-state index contributed by atoms with van der Waals surface area (Å²) in [5, 5.41) is 3.21. The topological polar surface area (TPSA) is 183 Å². The molecule has 16 heteroatoms. The molecule has 0 fully saturated rings. The molecule has 618 valence electrons. The summed E-state index contributed by atoms with van der Waals surface area (Å²) in [4.78, 5) is 41.4. The molecule has 0 saturated heterocycles. The van der Waals surface area contributed by atoms with Crippen molar-refractivity contribution in [1.82, 2.24) is 39.9 Å². The van der Waals surface area contributed by atoms with E-state index in [0.29, 0.717) is 145 Å². The third kappa shape index (κ3) is 28.6. The summed E-state index contributed by atoms with van der Waals surface area (Å²) in [6.07, 6.45) is 55.2. The standard InChI is InChI=1S/C96H146N8O8/c1-9-17-25-33-41-49-57-105-81-65-73-74(66-82(81)106-58-50-42-34-26-18-10-2)90-97-89(73)101-91-75-67-83(107-59-51-43-35-27-19-11-3)84(108-60-52-44-36-28-20-12-4)68-76(75)93(98-91)103-95-79-71-87(111-63-55-47-39-31-23-15-7)88(112-64-56-48-40-32-24-16-8)72-80(79)96(100-95)104-94-78-70-86(110-62-54-46-38-30-22-14-6)85(69-77(78)92(99-94)102-90)109-61-53-45-37-29-21-13-5/h65-72H,9-64H2,1-8H3,(H2,97,98,99,100,101,102,103,104). The van der Waals surface area contributed by atoms with Gasteiger partial charge in [0.1, 0.15) is 22.6 Å². The Morgan fingerprint density at radius 2 is 0.321 bits per heavy atom. The number of aromatic amines is 2. The van der Waals surface area contributed by atoms with Crippen molar-refractivity contribution in [2.45, 2.75) is 364 Å². The van der Waals surface area contributed by atoms with Gasteiger partial charge in [-0.3, -0.25) is 0 Å². The van der Waals surface area contributed by atoms with Crippen LogP contribution in [0, 0.1) is 0 Å². The molecule has 9 rings (SSSR count). The first-order valence-corrected chi connectivity index (χ1v) is 45.9. The average Bonchev–Trinajstić information content (AvgIpc) is 1.59. The molecule has 2 N–H and O–H groups in total. The molecule has 112 heavy (non-hydrogen) atoms. The number of unbranched alkanes of at least 4 members (excludes halogenated alkanes) is 40. The zero-order valence-corrected chi connectivity index (χ0v) is 71.2. The number of hydrogen-bond donors (Lipinski definition) is 2. The van der Waals surface area contributed by atoms with Crippen molar-refractivity contribution in [2.24, 2.45) is 0 Å². The molecule has 7 aromatic rings. The zero-order valence-electron chi connectivity index (χ0n) is 71.2. The Kier molecular flexibility index (Phi) is 41.3. The van der Waals surface area contributed by atoms with Gasteiger partial charge >= 0.3 is 0 Å². The van der Waals surface area contributed by atoms with E-state index in [1.807, 2.05) is 0 Å². The molecule has 2 aliphatic rings. The number of hydrogen-bond acceptors (Lipinski definition) is 14. The summed E-state index contributed by atoms with van der Waals surface area (Å²) in [7, 11) is 0. The Balaban J connectivity index is 1.32. The monoisotopic (exact) mass is 1540 g/mol. The van der Waals surface area contributed by atoms with E-state index in [-0.39, 0.29) is 0 Å². The van der Waals surface area contributed by atoms with Crippen LogP contribution >= 0.6 is 0 Å². The number of benzene rings is 4. The van der Waals surface area contributed by atoms with Gasteiger partial charge in [0.25, 0.3) is 0 Å². The Morgan fingerprint density at radius 3 is 0.482 bits per heavy atom. The molecular weight excluding hydrogens is 1390 g/mol. The molecule has 3 aromatic heterocycles. The predicted molar refractivity (Wildman–Crippen MR) is 467 cm³/mol. The fraction of sp³-hybridized carbons (Fsp3) is 0.667. The van der Waals surface area contributed by atoms with Crippen LogP contribution in [0.15, 0.2) is 48.5 Å². The second kappa shape index (κ2) is 52.2. The highest BCUT2D eigenvalue weighted by Crippen LogP contribution is 2.47. The molecule has 0 spiro atoms. The molecule has 0 amide bonds. The number of aromatic nitrogens is 8. The van der Waals surface area contributed by atoms with Crippen LogP contribution in [0.5, 0.6) is 46.0 Å². The van der Waals surface area contributed by atoms with Crippen molar-refractivity contribution in [3.05, 3.63) is 48.5 Å². The normalized spacial score (nSPS) is 11.8. The highest BCUT2D eigenvalue weighted by atomic mass is 16.5. The van der Waals surface area contributed by atoms with E-state index in [1.165, 1.54) is 205 Å². The predicted octanol–water partition coefficient (Wildman–Crippen LogP) is 28.8. The summed E-state index contributed by atoms with van der Waals surface area (Å²) in [6.45, 7) is 22.6. The van der Waals surface area contributed by atoms with Gasteiger partial charge in [0, 0.05) is 43.8 Å². The van der Waals surface area contributed by atoms with Gasteiger partial charge in [-0.15, -0.1) is 0 Å². The summed E-state index contributed by atoms with van der Waals surface area (Å²) in [5.41, 5.74) is 5.32. The van der Waals surface area contributed by atoms with Crippen LogP contribution in [-0.4, -0.2) is 92.7 Å². The molecule has 16 nitrogen and oxygen atoms in total.